The lowest BCUT2D eigenvalue weighted by Crippen LogP contribution is -2.68. The van der Waals surface area contributed by atoms with Crippen LogP contribution in [0.4, 0.5) is 10.8 Å². The standard InChI is InChI=1S/C18H19N5O3S/c1-10(2)14-20-21-17(27-14)19-16(26)18-9-8-13(24)23(18)12-7-5-4-6-11(12)15(25)22(18)3/h4-7,10H,8-9H2,1-3H3,(H,19,21,26)/t18-/m1/s1. The van der Waals surface area contributed by atoms with E-state index in [1.165, 1.54) is 21.1 Å². The van der Waals surface area contributed by atoms with Gasteiger partial charge in [-0.3, -0.25) is 24.6 Å². The highest BCUT2D eigenvalue weighted by atomic mass is 32.1. The maximum absolute atomic E-state index is 13.3. The SMILES string of the molecule is CC(C)c1nnc(NC(=O)[C@@]23CCC(=O)N2c2ccccc2C(=O)N3C)s1. The van der Waals surface area contributed by atoms with Crippen molar-refractivity contribution in [2.75, 3.05) is 17.3 Å². The maximum Gasteiger partial charge on any atom is 0.273 e. The van der Waals surface area contributed by atoms with Gasteiger partial charge in [-0.25, -0.2) is 0 Å². The molecule has 27 heavy (non-hydrogen) atoms. The van der Waals surface area contributed by atoms with Crippen molar-refractivity contribution in [1.82, 2.24) is 15.1 Å². The summed E-state index contributed by atoms with van der Waals surface area (Å²) in [5, 5.41) is 12.0. The van der Waals surface area contributed by atoms with E-state index >= 15 is 0 Å². The molecule has 0 aliphatic carbocycles. The molecule has 140 valence electrons. The van der Waals surface area contributed by atoms with Crippen LogP contribution in [0.3, 0.4) is 0 Å². The lowest BCUT2D eigenvalue weighted by molar-refractivity contribution is -0.128. The summed E-state index contributed by atoms with van der Waals surface area (Å²) in [5.74, 6) is -0.726. The second kappa shape index (κ2) is 6.12. The molecule has 9 heteroatoms. The first-order chi connectivity index (χ1) is 12.9. The minimum Gasteiger partial charge on any atom is -0.310 e. The number of anilines is 2. The van der Waals surface area contributed by atoms with Crippen LogP contribution in [0.5, 0.6) is 0 Å². The monoisotopic (exact) mass is 385 g/mol. The van der Waals surface area contributed by atoms with Crippen LogP contribution in [0.25, 0.3) is 0 Å². The summed E-state index contributed by atoms with van der Waals surface area (Å²) in [6, 6.07) is 6.87. The van der Waals surface area contributed by atoms with E-state index in [1.807, 2.05) is 13.8 Å². The van der Waals surface area contributed by atoms with Gasteiger partial charge < -0.3 is 4.90 Å². The number of rotatable bonds is 3. The van der Waals surface area contributed by atoms with Crippen LogP contribution in [-0.2, 0) is 9.59 Å². The van der Waals surface area contributed by atoms with Gasteiger partial charge in [0, 0.05) is 25.8 Å². The van der Waals surface area contributed by atoms with Gasteiger partial charge in [-0.2, -0.15) is 0 Å². The Morgan fingerprint density at radius 3 is 2.70 bits per heavy atom. The van der Waals surface area contributed by atoms with E-state index in [0.717, 1.165) is 5.01 Å². The van der Waals surface area contributed by atoms with Crippen molar-refractivity contribution < 1.29 is 14.4 Å². The summed E-state index contributed by atoms with van der Waals surface area (Å²) in [7, 11) is 1.56. The number of para-hydroxylation sites is 1. The van der Waals surface area contributed by atoms with Crippen LogP contribution in [-0.4, -0.2) is 45.5 Å². The molecule has 2 aromatic rings. The molecule has 4 rings (SSSR count). The molecule has 2 aliphatic rings. The smallest absolute Gasteiger partial charge is 0.273 e. The van der Waals surface area contributed by atoms with Crippen molar-refractivity contribution in [2.24, 2.45) is 0 Å². The minimum absolute atomic E-state index is 0.183. The largest absolute Gasteiger partial charge is 0.310 e. The van der Waals surface area contributed by atoms with E-state index in [0.29, 0.717) is 16.4 Å². The van der Waals surface area contributed by atoms with E-state index in [-0.39, 0.29) is 30.6 Å². The number of carbonyl (C=O) groups is 3. The molecule has 0 bridgehead atoms. The van der Waals surface area contributed by atoms with Gasteiger partial charge in [0.1, 0.15) is 5.01 Å². The molecule has 1 aromatic carbocycles. The maximum atomic E-state index is 13.3. The fourth-order valence-electron chi connectivity index (χ4n) is 3.64. The number of nitrogens with one attached hydrogen (secondary N) is 1. The highest BCUT2D eigenvalue weighted by molar-refractivity contribution is 7.15. The van der Waals surface area contributed by atoms with Crippen LogP contribution in [0.1, 0.15) is 48.0 Å². The van der Waals surface area contributed by atoms with E-state index < -0.39 is 11.6 Å². The van der Waals surface area contributed by atoms with Crippen molar-refractivity contribution in [1.29, 1.82) is 0 Å². The molecule has 1 N–H and O–H groups in total. The van der Waals surface area contributed by atoms with Crippen LogP contribution >= 0.6 is 11.3 Å². The highest BCUT2D eigenvalue weighted by Gasteiger charge is 2.59. The summed E-state index contributed by atoms with van der Waals surface area (Å²) < 4.78 is 0. The van der Waals surface area contributed by atoms with Gasteiger partial charge in [-0.15, -0.1) is 10.2 Å². The van der Waals surface area contributed by atoms with E-state index in [4.69, 9.17) is 0 Å². The highest BCUT2D eigenvalue weighted by Crippen LogP contribution is 2.44. The van der Waals surface area contributed by atoms with Gasteiger partial charge in [-0.1, -0.05) is 37.3 Å². The van der Waals surface area contributed by atoms with Crippen LogP contribution < -0.4 is 10.2 Å². The van der Waals surface area contributed by atoms with Crippen LogP contribution in [0.15, 0.2) is 24.3 Å². The van der Waals surface area contributed by atoms with Gasteiger partial charge in [0.15, 0.2) is 0 Å². The Kier molecular flexibility index (Phi) is 3.99. The second-order valence-electron chi connectivity index (χ2n) is 6.98. The van der Waals surface area contributed by atoms with Gasteiger partial charge >= 0.3 is 0 Å². The van der Waals surface area contributed by atoms with Gasteiger partial charge in [0.05, 0.1) is 11.3 Å². The molecule has 8 nitrogen and oxygen atoms in total. The Morgan fingerprint density at radius 2 is 2.00 bits per heavy atom. The Labute approximate surface area is 160 Å². The number of benzene rings is 1. The number of carbonyl (C=O) groups excluding carboxylic acids is 3. The fraction of sp³-hybridized carbons (Fsp3) is 0.389. The molecule has 3 amide bonds. The normalized spacial score (nSPS) is 21.5. The first-order valence-corrected chi connectivity index (χ1v) is 9.53. The van der Waals surface area contributed by atoms with Crippen LogP contribution in [0, 0.1) is 0 Å². The number of likely N-dealkylation sites (N-methyl/N-ethyl adjacent to an activating group) is 1. The molecule has 0 unspecified atom stereocenters. The molecular weight excluding hydrogens is 366 g/mol. The summed E-state index contributed by atoms with van der Waals surface area (Å²) in [5.41, 5.74) is -0.512. The molecule has 1 saturated heterocycles. The lowest BCUT2D eigenvalue weighted by atomic mass is 9.96. The Hall–Kier alpha value is -2.81. The van der Waals surface area contributed by atoms with E-state index in [2.05, 4.69) is 15.5 Å². The summed E-state index contributed by atoms with van der Waals surface area (Å²) in [4.78, 5) is 41.7. The molecule has 1 atom stereocenters. The van der Waals surface area contributed by atoms with Crippen molar-refractivity contribution in [3.8, 4) is 0 Å². The zero-order valence-corrected chi connectivity index (χ0v) is 16.0. The topological polar surface area (TPSA) is 95.5 Å². The van der Waals surface area contributed by atoms with Gasteiger partial charge in [-0.05, 0) is 12.1 Å². The second-order valence-corrected chi connectivity index (χ2v) is 7.99. The molecule has 2 aliphatic heterocycles. The third-order valence-electron chi connectivity index (χ3n) is 5.06. The predicted octanol–water partition coefficient (Wildman–Crippen LogP) is 2.21. The number of hydrogen-bond acceptors (Lipinski definition) is 6. The van der Waals surface area contributed by atoms with Crippen molar-refractivity contribution in [3.63, 3.8) is 0 Å². The van der Waals surface area contributed by atoms with Gasteiger partial charge in [0.2, 0.25) is 16.7 Å². The predicted molar refractivity (Wildman–Crippen MR) is 101 cm³/mol. The molecule has 0 saturated carbocycles. The van der Waals surface area contributed by atoms with Crippen molar-refractivity contribution in [2.45, 2.75) is 38.3 Å². The van der Waals surface area contributed by atoms with Crippen molar-refractivity contribution in [3.05, 3.63) is 34.8 Å². The number of hydrogen-bond donors (Lipinski definition) is 1. The Morgan fingerprint density at radius 1 is 1.26 bits per heavy atom. The quantitative estimate of drug-likeness (QED) is 0.874. The average Bonchev–Trinajstić information content (AvgIpc) is 3.25. The molecule has 0 spiro atoms. The van der Waals surface area contributed by atoms with E-state index in [1.54, 1.807) is 31.3 Å². The minimum atomic E-state index is -1.40. The first-order valence-electron chi connectivity index (χ1n) is 8.71. The number of aromatic nitrogens is 2. The van der Waals surface area contributed by atoms with Crippen LogP contribution in [0.2, 0.25) is 0 Å². The molecule has 0 radical (unpaired) electrons. The average molecular weight is 385 g/mol. The Balaban J connectivity index is 1.76. The molecule has 1 fully saturated rings. The molecule has 1 aromatic heterocycles. The van der Waals surface area contributed by atoms with Gasteiger partial charge in [0.25, 0.3) is 11.8 Å². The first kappa shape index (κ1) is 17.6. The molecular formula is C18H19N5O3S. The summed E-state index contributed by atoms with van der Waals surface area (Å²) in [6.07, 6.45) is 0.414. The number of nitrogens with zero attached hydrogens (tertiary/aromatic N) is 4. The third-order valence-corrected chi connectivity index (χ3v) is 6.20. The van der Waals surface area contributed by atoms with Crippen molar-refractivity contribution >= 4 is 39.9 Å². The zero-order chi connectivity index (χ0) is 19.3. The number of amides is 3. The lowest BCUT2D eigenvalue weighted by Gasteiger charge is -2.47. The summed E-state index contributed by atoms with van der Waals surface area (Å²) >= 11 is 1.29. The number of fused-ring (bicyclic) bond motifs is 3. The zero-order valence-electron chi connectivity index (χ0n) is 15.2. The third kappa shape index (κ3) is 2.45. The van der Waals surface area contributed by atoms with E-state index in [9.17, 15) is 14.4 Å². The Bertz CT molecular complexity index is 956. The summed E-state index contributed by atoms with van der Waals surface area (Å²) in [6.45, 7) is 3.99. The molecule has 3 heterocycles. The fourth-order valence-corrected chi connectivity index (χ4v) is 4.38.